The summed E-state index contributed by atoms with van der Waals surface area (Å²) in [4.78, 5) is 16.0. The summed E-state index contributed by atoms with van der Waals surface area (Å²) >= 11 is 3.08. The molecule has 0 aliphatic rings. The quantitative estimate of drug-likeness (QED) is 0.831. The molecule has 100 valence electrons. The number of carbonyl (C=O) groups excluding carboxylic acids is 1. The smallest absolute Gasteiger partial charge is 0.226 e. The van der Waals surface area contributed by atoms with Gasteiger partial charge in [-0.05, 0) is 18.4 Å². The van der Waals surface area contributed by atoms with Crippen LogP contribution in [0.3, 0.4) is 0 Å². The van der Waals surface area contributed by atoms with Crippen LogP contribution < -0.4 is 11.1 Å². The van der Waals surface area contributed by atoms with Gasteiger partial charge in [-0.15, -0.1) is 11.3 Å². The Morgan fingerprint density at radius 3 is 2.84 bits per heavy atom. The van der Waals surface area contributed by atoms with Crippen molar-refractivity contribution in [2.45, 2.75) is 6.42 Å². The summed E-state index contributed by atoms with van der Waals surface area (Å²) in [5.41, 5.74) is 8.22. The van der Waals surface area contributed by atoms with E-state index in [1.54, 1.807) is 11.8 Å². The Morgan fingerprint density at radius 1 is 1.42 bits per heavy atom. The van der Waals surface area contributed by atoms with E-state index in [0.29, 0.717) is 11.6 Å². The highest BCUT2D eigenvalue weighted by Crippen LogP contribution is 2.25. The predicted molar refractivity (Wildman–Crippen MR) is 83.6 cm³/mol. The molecule has 0 bridgehead atoms. The number of thioether (sulfide) groups is 1. The summed E-state index contributed by atoms with van der Waals surface area (Å²) in [5, 5.41) is 5.37. The topological polar surface area (TPSA) is 68.0 Å². The number of hydrogen-bond donors (Lipinski definition) is 2. The fourth-order valence-corrected chi connectivity index (χ4v) is 2.62. The van der Waals surface area contributed by atoms with E-state index in [9.17, 15) is 4.79 Å². The van der Waals surface area contributed by atoms with Crippen LogP contribution in [0.5, 0.6) is 0 Å². The number of nitrogens with zero attached hydrogens (tertiary/aromatic N) is 1. The number of carbonyl (C=O) groups is 1. The van der Waals surface area contributed by atoms with E-state index in [1.165, 1.54) is 11.3 Å². The lowest BCUT2D eigenvalue weighted by Gasteiger charge is -2.00. The second kappa shape index (κ2) is 6.58. The fourth-order valence-electron chi connectivity index (χ4n) is 1.49. The second-order valence-electron chi connectivity index (χ2n) is 3.95. The Balaban J connectivity index is 2.02. The third kappa shape index (κ3) is 3.97. The van der Waals surface area contributed by atoms with Crippen molar-refractivity contribution < 1.29 is 4.79 Å². The van der Waals surface area contributed by atoms with E-state index in [4.69, 9.17) is 5.73 Å². The monoisotopic (exact) mass is 293 g/mol. The zero-order chi connectivity index (χ0) is 13.7. The number of benzene rings is 1. The van der Waals surface area contributed by atoms with Gasteiger partial charge in [0.1, 0.15) is 0 Å². The molecule has 1 aromatic heterocycles. The minimum atomic E-state index is 0.00700. The lowest BCUT2D eigenvalue weighted by molar-refractivity contribution is -0.115. The van der Waals surface area contributed by atoms with E-state index >= 15 is 0 Å². The molecule has 2 rings (SSSR count). The van der Waals surface area contributed by atoms with Gasteiger partial charge in [0, 0.05) is 28.8 Å². The zero-order valence-electron chi connectivity index (χ0n) is 10.6. The third-order valence-corrected chi connectivity index (χ3v) is 3.86. The summed E-state index contributed by atoms with van der Waals surface area (Å²) in [7, 11) is 0. The molecule has 3 N–H and O–H groups in total. The predicted octanol–water partition coefficient (Wildman–Crippen LogP) is 3.08. The number of hydrogen-bond acceptors (Lipinski definition) is 5. The number of nitrogens with one attached hydrogen (secondary N) is 1. The van der Waals surface area contributed by atoms with Crippen LogP contribution in [0.25, 0.3) is 11.3 Å². The first-order valence-electron chi connectivity index (χ1n) is 5.79. The van der Waals surface area contributed by atoms with Crippen molar-refractivity contribution >= 4 is 39.8 Å². The molecule has 4 nitrogen and oxygen atoms in total. The lowest BCUT2D eigenvalue weighted by Crippen LogP contribution is -2.11. The maximum absolute atomic E-state index is 11.6. The van der Waals surface area contributed by atoms with Gasteiger partial charge in [-0.2, -0.15) is 11.8 Å². The molecule has 0 saturated heterocycles. The largest absolute Gasteiger partial charge is 0.399 e. The van der Waals surface area contributed by atoms with Crippen LogP contribution in [0.15, 0.2) is 29.6 Å². The molecule has 1 heterocycles. The highest BCUT2D eigenvalue weighted by molar-refractivity contribution is 7.98. The average molecular weight is 293 g/mol. The Hall–Kier alpha value is -1.53. The van der Waals surface area contributed by atoms with Crippen LogP contribution in [-0.2, 0) is 4.79 Å². The number of aromatic nitrogens is 1. The summed E-state index contributed by atoms with van der Waals surface area (Å²) in [5.74, 6) is 0.828. The number of nitrogens with two attached hydrogens (primary N) is 1. The first kappa shape index (κ1) is 13.9. The Kier molecular flexibility index (Phi) is 4.81. The first-order chi connectivity index (χ1) is 9.19. The normalized spacial score (nSPS) is 10.4. The SMILES string of the molecule is CSCCC(=O)Nc1nc(-c2ccc(N)cc2)cs1. The summed E-state index contributed by atoms with van der Waals surface area (Å²) in [6.45, 7) is 0. The molecule has 0 unspecified atom stereocenters. The highest BCUT2D eigenvalue weighted by atomic mass is 32.2. The van der Waals surface area contributed by atoms with Crippen molar-refractivity contribution in [2.75, 3.05) is 23.1 Å². The molecule has 6 heteroatoms. The van der Waals surface area contributed by atoms with Crippen molar-refractivity contribution in [3.8, 4) is 11.3 Å². The molecule has 1 amide bonds. The fraction of sp³-hybridized carbons (Fsp3) is 0.231. The number of thiazole rings is 1. The minimum Gasteiger partial charge on any atom is -0.399 e. The van der Waals surface area contributed by atoms with Crippen LogP contribution in [0.4, 0.5) is 10.8 Å². The van der Waals surface area contributed by atoms with Crippen LogP contribution in [0.2, 0.25) is 0 Å². The van der Waals surface area contributed by atoms with Gasteiger partial charge in [0.25, 0.3) is 0 Å². The van der Waals surface area contributed by atoms with Crippen molar-refractivity contribution in [1.29, 1.82) is 0 Å². The van der Waals surface area contributed by atoms with Crippen LogP contribution in [-0.4, -0.2) is 22.9 Å². The molecule has 0 atom stereocenters. The molecule has 0 spiro atoms. The Bertz CT molecular complexity index is 551. The van der Waals surface area contributed by atoms with Gasteiger partial charge in [0.15, 0.2) is 5.13 Å². The minimum absolute atomic E-state index is 0.00700. The maximum atomic E-state index is 11.6. The maximum Gasteiger partial charge on any atom is 0.226 e. The van der Waals surface area contributed by atoms with Gasteiger partial charge in [0.05, 0.1) is 5.69 Å². The first-order valence-corrected chi connectivity index (χ1v) is 8.06. The van der Waals surface area contributed by atoms with Crippen molar-refractivity contribution in [1.82, 2.24) is 4.98 Å². The third-order valence-electron chi connectivity index (χ3n) is 2.49. The standard InChI is InChI=1S/C13H15N3OS2/c1-18-7-6-12(17)16-13-15-11(8-19-13)9-2-4-10(14)5-3-9/h2-5,8H,6-7,14H2,1H3,(H,15,16,17). The molecule has 19 heavy (non-hydrogen) atoms. The summed E-state index contributed by atoms with van der Waals surface area (Å²) in [6, 6.07) is 7.52. The lowest BCUT2D eigenvalue weighted by atomic mass is 10.1. The molecule has 0 saturated carbocycles. The number of rotatable bonds is 5. The van der Waals surface area contributed by atoms with Gasteiger partial charge < -0.3 is 11.1 Å². The Labute approximate surface area is 120 Å². The zero-order valence-corrected chi connectivity index (χ0v) is 12.2. The number of anilines is 2. The van der Waals surface area contributed by atoms with Gasteiger partial charge in [0.2, 0.25) is 5.91 Å². The van der Waals surface area contributed by atoms with Gasteiger partial charge in [-0.1, -0.05) is 12.1 Å². The molecule has 0 aliphatic heterocycles. The molecule has 1 aromatic carbocycles. The van der Waals surface area contributed by atoms with E-state index < -0.39 is 0 Å². The van der Waals surface area contributed by atoms with Crippen molar-refractivity contribution in [3.63, 3.8) is 0 Å². The molecular weight excluding hydrogens is 278 g/mol. The summed E-state index contributed by atoms with van der Waals surface area (Å²) < 4.78 is 0. The van der Waals surface area contributed by atoms with Gasteiger partial charge >= 0.3 is 0 Å². The van der Waals surface area contributed by atoms with E-state index in [1.807, 2.05) is 35.9 Å². The molecule has 0 aliphatic carbocycles. The summed E-state index contributed by atoms with van der Waals surface area (Å²) in [6.07, 6.45) is 2.49. The van der Waals surface area contributed by atoms with Crippen LogP contribution >= 0.6 is 23.1 Å². The molecular formula is C13H15N3OS2. The molecule has 0 radical (unpaired) electrons. The van der Waals surface area contributed by atoms with E-state index in [2.05, 4.69) is 10.3 Å². The number of amides is 1. The van der Waals surface area contributed by atoms with E-state index in [0.717, 1.165) is 22.7 Å². The second-order valence-corrected chi connectivity index (χ2v) is 5.79. The number of nitrogen functional groups attached to an aromatic ring is 1. The van der Waals surface area contributed by atoms with E-state index in [-0.39, 0.29) is 5.91 Å². The van der Waals surface area contributed by atoms with Crippen molar-refractivity contribution in [2.24, 2.45) is 0 Å². The average Bonchev–Trinajstić information content (AvgIpc) is 2.85. The van der Waals surface area contributed by atoms with Crippen molar-refractivity contribution in [3.05, 3.63) is 29.6 Å². The van der Waals surface area contributed by atoms with Gasteiger partial charge in [-0.3, -0.25) is 4.79 Å². The molecule has 0 fully saturated rings. The molecule has 2 aromatic rings. The van der Waals surface area contributed by atoms with Crippen LogP contribution in [0, 0.1) is 0 Å². The highest BCUT2D eigenvalue weighted by Gasteiger charge is 2.07. The Morgan fingerprint density at radius 2 is 2.16 bits per heavy atom. The van der Waals surface area contributed by atoms with Crippen LogP contribution in [0.1, 0.15) is 6.42 Å². The van der Waals surface area contributed by atoms with Gasteiger partial charge in [-0.25, -0.2) is 4.98 Å².